The molecule has 1 heterocycles. The standard InChI is InChI=1S/C30H38F3N3O3/c1-38-25-12-11-20(18-26(25)39-2)29-14-13-23(19-27(29)36(16-15-29)24-9-4-3-5-10-24)35-28(37)34-22-8-6-7-21(17-22)30(31,32)33/h6-8,11-12,17-18,23-24,27H,3-5,9-10,13-16,19H2,1-2H3,(H2,34,35,37)/t23-,27+,29-/m0/s1. The maximum absolute atomic E-state index is 13.1. The maximum atomic E-state index is 13.1. The van der Waals surface area contributed by atoms with Crippen molar-refractivity contribution in [1.29, 1.82) is 0 Å². The summed E-state index contributed by atoms with van der Waals surface area (Å²) in [5, 5.41) is 5.68. The highest BCUT2D eigenvalue weighted by Crippen LogP contribution is 2.51. The molecule has 2 aromatic rings. The maximum Gasteiger partial charge on any atom is 0.416 e. The van der Waals surface area contributed by atoms with Crippen molar-refractivity contribution in [3.63, 3.8) is 0 Å². The van der Waals surface area contributed by atoms with E-state index in [4.69, 9.17) is 9.47 Å². The van der Waals surface area contributed by atoms with Crippen LogP contribution in [-0.4, -0.2) is 49.8 Å². The van der Waals surface area contributed by atoms with Crippen LogP contribution in [-0.2, 0) is 11.6 Å². The summed E-state index contributed by atoms with van der Waals surface area (Å²) in [4.78, 5) is 15.6. The summed E-state index contributed by atoms with van der Waals surface area (Å²) in [7, 11) is 3.30. The van der Waals surface area contributed by atoms with Crippen molar-refractivity contribution in [2.45, 2.75) is 87.5 Å². The summed E-state index contributed by atoms with van der Waals surface area (Å²) in [6, 6.07) is 11.2. The molecule has 2 amide bonds. The number of nitrogens with one attached hydrogen (secondary N) is 2. The predicted molar refractivity (Wildman–Crippen MR) is 144 cm³/mol. The molecule has 1 saturated heterocycles. The molecule has 0 bridgehead atoms. The van der Waals surface area contributed by atoms with Gasteiger partial charge < -0.3 is 20.1 Å². The minimum absolute atomic E-state index is 0.0489. The summed E-state index contributed by atoms with van der Waals surface area (Å²) >= 11 is 0. The normalized spacial score (nSPS) is 26.1. The smallest absolute Gasteiger partial charge is 0.416 e. The minimum Gasteiger partial charge on any atom is -0.493 e. The Labute approximate surface area is 228 Å². The first-order valence-electron chi connectivity index (χ1n) is 14.0. The molecule has 1 aliphatic heterocycles. The first-order valence-corrected chi connectivity index (χ1v) is 14.0. The number of methoxy groups -OCH3 is 2. The van der Waals surface area contributed by atoms with E-state index >= 15 is 0 Å². The zero-order valence-electron chi connectivity index (χ0n) is 22.7. The van der Waals surface area contributed by atoms with Gasteiger partial charge in [0.25, 0.3) is 0 Å². The van der Waals surface area contributed by atoms with Crippen molar-refractivity contribution in [3.8, 4) is 11.5 Å². The third-order valence-corrected chi connectivity index (χ3v) is 9.09. The lowest BCUT2D eigenvalue weighted by molar-refractivity contribution is -0.137. The van der Waals surface area contributed by atoms with E-state index in [1.807, 2.05) is 6.07 Å². The molecule has 6 nitrogen and oxygen atoms in total. The number of rotatable bonds is 6. The number of hydrogen-bond donors (Lipinski definition) is 2. The molecule has 2 aromatic carbocycles. The summed E-state index contributed by atoms with van der Waals surface area (Å²) < 4.78 is 50.5. The Hall–Kier alpha value is -2.94. The van der Waals surface area contributed by atoms with Crippen LogP contribution < -0.4 is 20.1 Å². The van der Waals surface area contributed by atoms with Crippen molar-refractivity contribution in [2.75, 3.05) is 26.1 Å². The van der Waals surface area contributed by atoms with E-state index in [2.05, 4.69) is 27.7 Å². The van der Waals surface area contributed by atoms with Crippen LogP contribution in [0.5, 0.6) is 11.5 Å². The number of likely N-dealkylation sites (tertiary alicyclic amines) is 1. The zero-order valence-corrected chi connectivity index (χ0v) is 22.7. The summed E-state index contributed by atoms with van der Waals surface area (Å²) in [6.45, 7) is 1.02. The zero-order chi connectivity index (χ0) is 27.6. The minimum atomic E-state index is -4.46. The predicted octanol–water partition coefficient (Wildman–Crippen LogP) is 6.74. The van der Waals surface area contributed by atoms with Gasteiger partial charge in [0.1, 0.15) is 0 Å². The molecule has 39 heavy (non-hydrogen) atoms. The van der Waals surface area contributed by atoms with Crippen LogP contribution in [0.15, 0.2) is 42.5 Å². The fraction of sp³-hybridized carbons (Fsp3) is 0.567. The number of amides is 2. The van der Waals surface area contributed by atoms with Crippen molar-refractivity contribution >= 4 is 11.7 Å². The Balaban J connectivity index is 1.35. The Kier molecular flexibility index (Phi) is 7.99. The van der Waals surface area contributed by atoms with Gasteiger partial charge >= 0.3 is 12.2 Å². The molecule has 0 aromatic heterocycles. The monoisotopic (exact) mass is 545 g/mol. The number of anilines is 1. The summed E-state index contributed by atoms with van der Waals surface area (Å²) in [6.07, 6.45) is 5.26. The molecule has 3 aliphatic rings. The Morgan fingerprint density at radius 1 is 0.974 bits per heavy atom. The van der Waals surface area contributed by atoms with Crippen LogP contribution in [0.4, 0.5) is 23.7 Å². The molecule has 0 unspecified atom stereocenters. The number of urea groups is 1. The molecule has 9 heteroatoms. The van der Waals surface area contributed by atoms with E-state index in [0.29, 0.717) is 11.8 Å². The number of carbonyl (C=O) groups excluding carboxylic acids is 1. The number of fused-ring (bicyclic) bond motifs is 1. The lowest BCUT2D eigenvalue weighted by Gasteiger charge is -2.47. The molecule has 0 spiro atoms. The van der Waals surface area contributed by atoms with Gasteiger partial charge in [0.15, 0.2) is 11.5 Å². The van der Waals surface area contributed by atoms with Crippen LogP contribution >= 0.6 is 0 Å². The van der Waals surface area contributed by atoms with Crippen LogP contribution in [0.3, 0.4) is 0 Å². The SMILES string of the molecule is COc1ccc([C@@]23CC[C@H](NC(=O)Nc4cccc(C(F)(F)F)c4)C[C@H]2N(C2CCCCC2)CC3)cc1OC. The van der Waals surface area contributed by atoms with Crippen molar-refractivity contribution in [2.24, 2.45) is 0 Å². The van der Waals surface area contributed by atoms with Crippen LogP contribution in [0.25, 0.3) is 0 Å². The van der Waals surface area contributed by atoms with Crippen molar-refractivity contribution < 1.29 is 27.4 Å². The number of halogens is 3. The molecule has 2 N–H and O–H groups in total. The van der Waals surface area contributed by atoms with Crippen LogP contribution in [0.1, 0.15) is 68.9 Å². The van der Waals surface area contributed by atoms with Crippen LogP contribution in [0, 0.1) is 0 Å². The Morgan fingerprint density at radius 2 is 1.74 bits per heavy atom. The van der Waals surface area contributed by atoms with E-state index in [-0.39, 0.29) is 23.2 Å². The van der Waals surface area contributed by atoms with Gasteiger partial charge in [0, 0.05) is 29.2 Å². The highest BCUT2D eigenvalue weighted by molar-refractivity contribution is 5.89. The highest BCUT2D eigenvalue weighted by Gasteiger charge is 2.53. The van der Waals surface area contributed by atoms with Crippen molar-refractivity contribution in [3.05, 3.63) is 53.6 Å². The van der Waals surface area contributed by atoms with Gasteiger partial charge in [-0.2, -0.15) is 13.2 Å². The average Bonchev–Trinajstić information content (AvgIpc) is 3.32. The number of hydrogen-bond acceptors (Lipinski definition) is 4. The van der Waals surface area contributed by atoms with Gasteiger partial charge in [-0.25, -0.2) is 4.79 Å². The third-order valence-electron chi connectivity index (χ3n) is 9.09. The van der Waals surface area contributed by atoms with Crippen molar-refractivity contribution in [1.82, 2.24) is 10.2 Å². The second-order valence-electron chi connectivity index (χ2n) is 11.2. The van der Waals surface area contributed by atoms with Gasteiger partial charge in [0.2, 0.25) is 0 Å². The van der Waals surface area contributed by atoms with Gasteiger partial charge in [-0.05, 0) is 81.0 Å². The fourth-order valence-corrected chi connectivity index (χ4v) is 7.17. The molecule has 2 aliphatic carbocycles. The molecular weight excluding hydrogens is 507 g/mol. The Bertz CT molecular complexity index is 1170. The molecular formula is C30H38F3N3O3. The van der Waals surface area contributed by atoms with Gasteiger partial charge in [-0.1, -0.05) is 31.4 Å². The van der Waals surface area contributed by atoms with E-state index in [0.717, 1.165) is 50.1 Å². The van der Waals surface area contributed by atoms with E-state index in [9.17, 15) is 18.0 Å². The number of carbonyl (C=O) groups is 1. The van der Waals surface area contributed by atoms with Crippen LogP contribution in [0.2, 0.25) is 0 Å². The third kappa shape index (κ3) is 5.69. The molecule has 3 atom stereocenters. The highest BCUT2D eigenvalue weighted by atomic mass is 19.4. The molecule has 5 rings (SSSR count). The fourth-order valence-electron chi connectivity index (χ4n) is 7.17. The molecule has 2 saturated carbocycles. The van der Waals surface area contributed by atoms with Gasteiger partial charge in [-0.15, -0.1) is 0 Å². The van der Waals surface area contributed by atoms with Gasteiger partial charge in [0.05, 0.1) is 19.8 Å². The number of nitrogens with zero attached hydrogens (tertiary/aromatic N) is 1. The quantitative estimate of drug-likeness (QED) is 0.422. The average molecular weight is 546 g/mol. The van der Waals surface area contributed by atoms with E-state index in [1.165, 1.54) is 49.8 Å². The number of benzene rings is 2. The second-order valence-corrected chi connectivity index (χ2v) is 11.2. The lowest BCUT2D eigenvalue weighted by Crippen LogP contribution is -2.55. The number of alkyl halides is 3. The number of ether oxygens (including phenoxy) is 2. The van der Waals surface area contributed by atoms with E-state index in [1.54, 1.807) is 14.2 Å². The van der Waals surface area contributed by atoms with E-state index < -0.39 is 17.8 Å². The summed E-state index contributed by atoms with van der Waals surface area (Å²) in [5.41, 5.74) is 0.539. The first kappa shape index (κ1) is 27.6. The Morgan fingerprint density at radius 3 is 2.46 bits per heavy atom. The summed E-state index contributed by atoms with van der Waals surface area (Å²) in [5.74, 6) is 1.43. The second kappa shape index (κ2) is 11.3. The first-order chi connectivity index (χ1) is 18.7. The molecule has 212 valence electrons. The largest absolute Gasteiger partial charge is 0.493 e. The molecule has 3 fully saturated rings. The lowest BCUT2D eigenvalue weighted by atomic mass is 9.64. The van der Waals surface area contributed by atoms with Gasteiger partial charge in [-0.3, -0.25) is 4.90 Å². The topological polar surface area (TPSA) is 62.8 Å². The molecule has 0 radical (unpaired) electrons.